The number of morpholine rings is 1. The molecule has 0 aromatic heterocycles. The van der Waals surface area contributed by atoms with Gasteiger partial charge in [-0.25, -0.2) is 0 Å². The summed E-state index contributed by atoms with van der Waals surface area (Å²) in [5.41, 5.74) is 0. The monoisotopic (exact) mass is 227 g/mol. The molecule has 2 fully saturated rings. The largest absolute Gasteiger partial charge is 0.465 e. The number of hydrogen-bond donors (Lipinski definition) is 0. The topological polar surface area (TPSA) is 55.8 Å². The zero-order chi connectivity index (χ0) is 11.5. The lowest BCUT2D eigenvalue weighted by atomic mass is 9.89. The second-order valence-corrected chi connectivity index (χ2v) is 4.12. The SMILES string of the molecule is CCOC(=O)C1CCN2CCOCC2C1=O. The lowest BCUT2D eigenvalue weighted by Gasteiger charge is -2.39. The Balaban J connectivity index is 2.02. The van der Waals surface area contributed by atoms with Crippen LogP contribution in [-0.4, -0.2) is 55.6 Å². The molecule has 2 aliphatic heterocycles. The third-order valence-corrected chi connectivity index (χ3v) is 3.19. The highest BCUT2D eigenvalue weighted by atomic mass is 16.5. The van der Waals surface area contributed by atoms with Crippen molar-refractivity contribution in [2.24, 2.45) is 5.92 Å². The van der Waals surface area contributed by atoms with Crippen LogP contribution in [0.2, 0.25) is 0 Å². The van der Waals surface area contributed by atoms with Crippen LogP contribution < -0.4 is 0 Å². The van der Waals surface area contributed by atoms with E-state index in [1.54, 1.807) is 6.92 Å². The van der Waals surface area contributed by atoms with Crippen molar-refractivity contribution in [1.82, 2.24) is 4.90 Å². The van der Waals surface area contributed by atoms with Gasteiger partial charge in [-0.15, -0.1) is 0 Å². The molecule has 0 spiro atoms. The lowest BCUT2D eigenvalue weighted by molar-refractivity contribution is -0.158. The number of fused-ring (bicyclic) bond motifs is 1. The van der Waals surface area contributed by atoms with Crippen LogP contribution in [0.1, 0.15) is 13.3 Å². The quantitative estimate of drug-likeness (QED) is 0.484. The molecule has 0 saturated carbocycles. The second-order valence-electron chi connectivity index (χ2n) is 4.12. The molecule has 5 heteroatoms. The standard InChI is InChI=1S/C11H17NO4/c1-2-16-11(14)8-3-4-12-5-6-15-7-9(12)10(8)13/h8-9H,2-7H2,1H3. The first kappa shape index (κ1) is 11.5. The van der Waals surface area contributed by atoms with Crippen LogP contribution in [0.4, 0.5) is 0 Å². The third kappa shape index (κ3) is 2.10. The van der Waals surface area contributed by atoms with E-state index in [-0.39, 0.29) is 17.8 Å². The Morgan fingerprint density at radius 2 is 2.38 bits per heavy atom. The van der Waals surface area contributed by atoms with Crippen molar-refractivity contribution in [2.45, 2.75) is 19.4 Å². The summed E-state index contributed by atoms with van der Waals surface area (Å²) in [5.74, 6) is -0.995. The van der Waals surface area contributed by atoms with Gasteiger partial charge in [0.15, 0.2) is 5.78 Å². The summed E-state index contributed by atoms with van der Waals surface area (Å²) < 4.78 is 10.2. The first-order valence-corrected chi connectivity index (χ1v) is 5.76. The molecule has 0 aliphatic carbocycles. The van der Waals surface area contributed by atoms with E-state index in [0.29, 0.717) is 26.2 Å². The Kier molecular flexibility index (Phi) is 3.56. The normalized spacial score (nSPS) is 30.9. The number of hydrogen-bond acceptors (Lipinski definition) is 5. The maximum absolute atomic E-state index is 12.1. The zero-order valence-electron chi connectivity index (χ0n) is 9.48. The molecule has 5 nitrogen and oxygen atoms in total. The molecule has 0 aromatic rings. The summed E-state index contributed by atoms with van der Waals surface area (Å²) in [7, 11) is 0. The minimum absolute atomic E-state index is 0.0376. The molecule has 2 saturated heterocycles. The summed E-state index contributed by atoms with van der Waals surface area (Å²) in [5, 5.41) is 0. The van der Waals surface area contributed by atoms with E-state index in [2.05, 4.69) is 4.90 Å². The molecule has 0 aromatic carbocycles. The van der Waals surface area contributed by atoms with E-state index in [4.69, 9.17) is 9.47 Å². The molecular weight excluding hydrogens is 210 g/mol. The van der Waals surface area contributed by atoms with Gasteiger partial charge >= 0.3 is 5.97 Å². The van der Waals surface area contributed by atoms with E-state index in [1.165, 1.54) is 0 Å². The van der Waals surface area contributed by atoms with Crippen molar-refractivity contribution in [3.63, 3.8) is 0 Å². The Morgan fingerprint density at radius 3 is 3.12 bits per heavy atom. The predicted molar refractivity (Wildman–Crippen MR) is 55.9 cm³/mol. The van der Waals surface area contributed by atoms with Crippen LogP contribution in [0.3, 0.4) is 0 Å². The number of rotatable bonds is 2. The van der Waals surface area contributed by atoms with Crippen molar-refractivity contribution >= 4 is 11.8 Å². The van der Waals surface area contributed by atoms with Gasteiger partial charge in [-0.05, 0) is 13.3 Å². The predicted octanol–water partition coefficient (Wildman–Crippen LogP) is -0.161. The van der Waals surface area contributed by atoms with Gasteiger partial charge in [-0.2, -0.15) is 0 Å². The second kappa shape index (κ2) is 4.93. The number of carbonyl (C=O) groups excluding carboxylic acids is 2. The molecule has 2 aliphatic rings. The summed E-state index contributed by atoms with van der Waals surface area (Å²) in [4.78, 5) is 25.7. The van der Waals surface area contributed by atoms with Gasteiger partial charge in [0.2, 0.25) is 0 Å². The van der Waals surface area contributed by atoms with Crippen LogP contribution >= 0.6 is 0 Å². The molecular formula is C11H17NO4. The summed E-state index contributed by atoms with van der Waals surface area (Å²) in [6.07, 6.45) is 0.578. The molecule has 0 bridgehead atoms. The zero-order valence-corrected chi connectivity index (χ0v) is 9.48. The fourth-order valence-corrected chi connectivity index (χ4v) is 2.31. The van der Waals surface area contributed by atoms with Crippen molar-refractivity contribution in [3.8, 4) is 0 Å². The van der Waals surface area contributed by atoms with E-state index in [1.807, 2.05) is 0 Å². The van der Waals surface area contributed by atoms with Crippen molar-refractivity contribution < 1.29 is 19.1 Å². The Morgan fingerprint density at radius 1 is 1.56 bits per heavy atom. The lowest BCUT2D eigenvalue weighted by Crippen LogP contribution is -2.57. The Bertz CT molecular complexity index is 292. The van der Waals surface area contributed by atoms with Gasteiger partial charge in [0.05, 0.1) is 25.9 Å². The number of piperidine rings is 1. The number of Topliss-reactive ketones (excluding diaryl/α,β-unsaturated/α-hetero) is 1. The fourth-order valence-electron chi connectivity index (χ4n) is 2.31. The first-order valence-electron chi connectivity index (χ1n) is 5.76. The Labute approximate surface area is 94.7 Å². The number of ether oxygens (including phenoxy) is 2. The number of ketones is 1. The van der Waals surface area contributed by atoms with E-state index < -0.39 is 5.92 Å². The highest BCUT2D eigenvalue weighted by molar-refractivity contribution is 6.02. The molecule has 2 heterocycles. The van der Waals surface area contributed by atoms with E-state index >= 15 is 0 Å². The van der Waals surface area contributed by atoms with Crippen LogP contribution in [0.25, 0.3) is 0 Å². The van der Waals surface area contributed by atoms with Gasteiger partial charge in [-0.1, -0.05) is 0 Å². The van der Waals surface area contributed by atoms with Crippen molar-refractivity contribution in [2.75, 3.05) is 32.9 Å². The number of nitrogens with zero attached hydrogens (tertiary/aromatic N) is 1. The van der Waals surface area contributed by atoms with Gasteiger partial charge in [-0.3, -0.25) is 14.5 Å². The average Bonchev–Trinajstić information content (AvgIpc) is 2.30. The minimum atomic E-state index is -0.581. The molecule has 2 rings (SSSR count). The van der Waals surface area contributed by atoms with Gasteiger partial charge < -0.3 is 9.47 Å². The van der Waals surface area contributed by atoms with Crippen LogP contribution in [0, 0.1) is 5.92 Å². The highest BCUT2D eigenvalue weighted by Gasteiger charge is 2.42. The highest BCUT2D eigenvalue weighted by Crippen LogP contribution is 2.23. The van der Waals surface area contributed by atoms with Crippen molar-refractivity contribution in [3.05, 3.63) is 0 Å². The van der Waals surface area contributed by atoms with E-state index in [0.717, 1.165) is 13.1 Å². The number of carbonyl (C=O) groups is 2. The maximum Gasteiger partial charge on any atom is 0.316 e. The molecule has 2 unspecified atom stereocenters. The summed E-state index contributed by atoms with van der Waals surface area (Å²) >= 11 is 0. The van der Waals surface area contributed by atoms with Gasteiger partial charge in [0, 0.05) is 13.1 Å². The molecule has 90 valence electrons. The Hall–Kier alpha value is -0.940. The third-order valence-electron chi connectivity index (χ3n) is 3.19. The molecule has 2 atom stereocenters. The summed E-state index contributed by atoms with van der Waals surface area (Å²) in [6, 6.07) is -0.239. The smallest absolute Gasteiger partial charge is 0.316 e. The van der Waals surface area contributed by atoms with Crippen LogP contribution in [-0.2, 0) is 19.1 Å². The molecule has 0 N–H and O–H groups in total. The first-order chi connectivity index (χ1) is 7.74. The van der Waals surface area contributed by atoms with Crippen LogP contribution in [0.5, 0.6) is 0 Å². The molecule has 0 radical (unpaired) electrons. The van der Waals surface area contributed by atoms with Gasteiger partial charge in [0.1, 0.15) is 5.92 Å². The van der Waals surface area contributed by atoms with E-state index in [9.17, 15) is 9.59 Å². The average molecular weight is 227 g/mol. The van der Waals surface area contributed by atoms with Gasteiger partial charge in [0.25, 0.3) is 0 Å². The van der Waals surface area contributed by atoms with Crippen LogP contribution in [0.15, 0.2) is 0 Å². The summed E-state index contributed by atoms with van der Waals surface area (Å²) in [6.45, 7) is 4.73. The minimum Gasteiger partial charge on any atom is -0.465 e. The number of esters is 1. The fraction of sp³-hybridized carbons (Fsp3) is 0.818. The molecule has 0 amide bonds. The van der Waals surface area contributed by atoms with Crippen molar-refractivity contribution in [1.29, 1.82) is 0 Å². The molecule has 16 heavy (non-hydrogen) atoms. The maximum atomic E-state index is 12.1.